The first-order chi connectivity index (χ1) is 23.3. The first-order valence-corrected chi connectivity index (χ1v) is 19.1. The number of anilines is 1. The number of nitrogens with zero attached hydrogens (tertiary/aromatic N) is 2. The summed E-state index contributed by atoms with van der Waals surface area (Å²) in [5.41, 5.74) is 6.61. The SMILES string of the molecule is C1CC2CC(C1)CC(C13CC4CCCC(C1)N43)C2.C=C.C=C(C)C1=Nc2ccccc2NC1=C.C=CCCC.CC.Cc1ccccc1. The van der Waals surface area contributed by atoms with E-state index in [9.17, 15) is 0 Å². The zero-order valence-corrected chi connectivity index (χ0v) is 31.3. The molecule has 0 radical (unpaired) electrons. The van der Waals surface area contributed by atoms with Crippen molar-refractivity contribution in [2.45, 2.75) is 136 Å². The fraction of sp³-hybridized carbons (Fsp3) is 0.533. The largest absolute Gasteiger partial charge is 0.352 e. The van der Waals surface area contributed by atoms with E-state index in [1.807, 2.05) is 69.3 Å². The molecule has 1 N–H and O–H groups in total. The number of allylic oxidation sites excluding steroid dienone is 2. The van der Waals surface area contributed by atoms with Gasteiger partial charge in [0.1, 0.15) is 0 Å². The Balaban J connectivity index is 0.000000185. The highest BCUT2D eigenvalue weighted by Gasteiger charge is 2.66. The van der Waals surface area contributed by atoms with E-state index < -0.39 is 0 Å². The van der Waals surface area contributed by atoms with Gasteiger partial charge in [-0.3, -0.25) is 4.90 Å². The van der Waals surface area contributed by atoms with Gasteiger partial charge in [0.25, 0.3) is 0 Å². The molecule has 3 saturated heterocycles. The predicted octanol–water partition coefficient (Wildman–Crippen LogP) is 13.0. The van der Waals surface area contributed by atoms with Crippen molar-refractivity contribution < 1.29 is 0 Å². The van der Waals surface area contributed by atoms with Crippen LogP contribution in [-0.4, -0.2) is 28.2 Å². The second kappa shape index (κ2) is 19.7. The van der Waals surface area contributed by atoms with Crippen molar-refractivity contribution in [2.75, 3.05) is 5.32 Å². The highest BCUT2D eigenvalue weighted by molar-refractivity contribution is 6.16. The van der Waals surface area contributed by atoms with Gasteiger partial charge in [-0.25, -0.2) is 4.99 Å². The molecule has 0 spiro atoms. The summed E-state index contributed by atoms with van der Waals surface area (Å²) >= 11 is 0. The van der Waals surface area contributed by atoms with E-state index in [1.165, 1.54) is 31.2 Å². The quantitative estimate of drug-likeness (QED) is 0.334. The van der Waals surface area contributed by atoms with Gasteiger partial charge in [-0.15, -0.1) is 19.7 Å². The van der Waals surface area contributed by atoms with Gasteiger partial charge in [0, 0.05) is 17.6 Å². The molecule has 0 amide bonds. The van der Waals surface area contributed by atoms with Gasteiger partial charge in [-0.05, 0) is 101 Å². The number of piperidine rings is 2. The summed E-state index contributed by atoms with van der Waals surface area (Å²) in [6.07, 6.45) is 21.5. The van der Waals surface area contributed by atoms with E-state index in [4.69, 9.17) is 0 Å². The molecular formula is C45H67N3. The van der Waals surface area contributed by atoms with Crippen LogP contribution in [0.4, 0.5) is 11.4 Å². The normalized spacial score (nSPS) is 28.2. The highest BCUT2D eigenvalue weighted by atomic mass is 15.4. The van der Waals surface area contributed by atoms with Gasteiger partial charge in [-0.1, -0.05) is 120 Å². The maximum absolute atomic E-state index is 4.48. The molecule has 4 unspecified atom stereocenters. The third kappa shape index (κ3) is 9.71. The summed E-state index contributed by atoms with van der Waals surface area (Å²) in [6.45, 7) is 27.5. The van der Waals surface area contributed by atoms with Gasteiger partial charge in [-0.2, -0.15) is 0 Å². The Kier molecular flexibility index (Phi) is 16.1. The Morgan fingerprint density at radius 3 is 1.96 bits per heavy atom. The number of benzene rings is 2. The topological polar surface area (TPSA) is 27.6 Å². The van der Waals surface area contributed by atoms with Crippen LogP contribution >= 0.6 is 0 Å². The molecule has 4 heterocycles. The molecule has 4 aliphatic heterocycles. The van der Waals surface area contributed by atoms with Crippen LogP contribution < -0.4 is 5.32 Å². The third-order valence-electron chi connectivity index (χ3n) is 11.0. The minimum Gasteiger partial charge on any atom is -0.352 e. The Bertz CT molecular complexity index is 1300. The molecule has 5 fully saturated rings. The van der Waals surface area contributed by atoms with Crippen LogP contribution in [0.5, 0.6) is 0 Å². The number of hydrogen-bond acceptors (Lipinski definition) is 3. The molecule has 2 aromatic rings. The standard InChI is InChI=1S/C17H27N.C12H12N2.C7H8.C5H10.C2H6.C2H4/c1-3-12-7-13(4-1)9-14(8-12)17-10-15-5-2-6-16(11-17)18(15)17;1-8(2)12-9(3)13-10-6-4-5-7-11(10)14-12;1-7-5-3-2-4-6-7;1-3-5-4-2;2*1-2/h12-16H,1-11H2;4-7,13H,1,3H2,2H3;2-6H,1H3;3H,1,4-5H2,2H3;1-2H3;1-2H2. The first-order valence-electron chi connectivity index (χ1n) is 19.1. The van der Waals surface area contributed by atoms with Crippen LogP contribution in [0.1, 0.15) is 117 Å². The molecule has 8 rings (SSSR count). The number of nitrogens with one attached hydrogen (secondary N) is 1. The van der Waals surface area contributed by atoms with Crippen molar-refractivity contribution in [2.24, 2.45) is 22.7 Å². The summed E-state index contributed by atoms with van der Waals surface area (Å²) in [5.74, 6) is 3.35. The zero-order valence-electron chi connectivity index (χ0n) is 31.3. The summed E-state index contributed by atoms with van der Waals surface area (Å²) in [6, 6.07) is 20.2. The summed E-state index contributed by atoms with van der Waals surface area (Å²) < 4.78 is 0. The maximum Gasteiger partial charge on any atom is 0.0889 e. The lowest BCUT2D eigenvalue weighted by molar-refractivity contribution is -0.253. The molecule has 2 saturated carbocycles. The Hall–Kier alpha value is -3.17. The molecule has 0 aromatic heterocycles. The van der Waals surface area contributed by atoms with Crippen LogP contribution in [0, 0.1) is 24.7 Å². The van der Waals surface area contributed by atoms with Gasteiger partial charge < -0.3 is 5.32 Å². The fourth-order valence-electron chi connectivity index (χ4n) is 9.07. The monoisotopic (exact) mass is 650 g/mol. The van der Waals surface area contributed by atoms with Gasteiger partial charge in [0.15, 0.2) is 0 Å². The lowest BCUT2D eigenvalue weighted by Crippen LogP contribution is -2.82. The van der Waals surface area contributed by atoms with Crippen molar-refractivity contribution >= 4 is 17.1 Å². The number of hydrogen-bond donors (Lipinski definition) is 1. The molecule has 2 aromatic carbocycles. The van der Waals surface area contributed by atoms with Gasteiger partial charge >= 0.3 is 0 Å². The van der Waals surface area contributed by atoms with E-state index in [1.54, 1.807) is 51.4 Å². The second-order valence-corrected chi connectivity index (χ2v) is 14.3. The molecule has 2 aliphatic carbocycles. The predicted molar refractivity (Wildman–Crippen MR) is 213 cm³/mol. The molecule has 262 valence electrons. The maximum atomic E-state index is 4.48. The van der Waals surface area contributed by atoms with Crippen LogP contribution in [0.2, 0.25) is 0 Å². The summed E-state index contributed by atoms with van der Waals surface area (Å²) in [7, 11) is 0. The lowest BCUT2D eigenvalue weighted by Gasteiger charge is -2.76. The molecule has 3 heteroatoms. The van der Waals surface area contributed by atoms with Crippen molar-refractivity contribution in [3.8, 4) is 0 Å². The van der Waals surface area contributed by atoms with Crippen LogP contribution in [0.25, 0.3) is 0 Å². The molecule has 4 atom stereocenters. The number of unbranched alkanes of at least 4 members (excludes halogenated alkanes) is 1. The van der Waals surface area contributed by atoms with E-state index in [2.05, 4.69) is 74.1 Å². The minimum atomic E-state index is 0.754. The van der Waals surface area contributed by atoms with E-state index in [0.29, 0.717) is 0 Å². The fourth-order valence-corrected chi connectivity index (χ4v) is 9.07. The number of aryl methyl sites for hydroxylation is 1. The van der Waals surface area contributed by atoms with E-state index >= 15 is 0 Å². The zero-order chi connectivity index (χ0) is 35.1. The number of aliphatic imine (C=N–C) groups is 1. The van der Waals surface area contributed by atoms with Gasteiger partial charge in [0.2, 0.25) is 0 Å². The van der Waals surface area contributed by atoms with Crippen molar-refractivity contribution in [3.05, 3.63) is 110 Å². The van der Waals surface area contributed by atoms with E-state index in [-0.39, 0.29) is 0 Å². The van der Waals surface area contributed by atoms with Crippen LogP contribution in [0.3, 0.4) is 0 Å². The number of para-hydroxylation sites is 2. The molecular weight excluding hydrogens is 583 g/mol. The average Bonchev–Trinajstić information content (AvgIpc) is 3.08. The Morgan fingerprint density at radius 2 is 1.46 bits per heavy atom. The minimum absolute atomic E-state index is 0.754. The summed E-state index contributed by atoms with van der Waals surface area (Å²) in [5, 5.41) is 3.21. The Morgan fingerprint density at radius 1 is 0.896 bits per heavy atom. The lowest BCUT2D eigenvalue weighted by atomic mass is 9.50. The molecule has 48 heavy (non-hydrogen) atoms. The van der Waals surface area contributed by atoms with Crippen LogP contribution in [-0.2, 0) is 0 Å². The number of fused-ring (bicyclic) bond motifs is 3. The number of rotatable bonds is 4. The second-order valence-electron chi connectivity index (χ2n) is 14.3. The summed E-state index contributed by atoms with van der Waals surface area (Å²) in [4.78, 5) is 7.50. The van der Waals surface area contributed by atoms with Crippen molar-refractivity contribution in [1.29, 1.82) is 0 Å². The van der Waals surface area contributed by atoms with E-state index in [0.717, 1.165) is 70.2 Å². The smallest absolute Gasteiger partial charge is 0.0889 e. The van der Waals surface area contributed by atoms with Gasteiger partial charge in [0.05, 0.1) is 22.8 Å². The van der Waals surface area contributed by atoms with Crippen molar-refractivity contribution in [3.63, 3.8) is 0 Å². The average molecular weight is 650 g/mol. The molecule has 6 aliphatic rings. The third-order valence-corrected chi connectivity index (χ3v) is 11.0. The highest BCUT2D eigenvalue weighted by Crippen LogP contribution is 2.63. The first kappa shape index (κ1) is 39.3. The van der Waals surface area contributed by atoms with Crippen LogP contribution in [0.15, 0.2) is 110 Å². The van der Waals surface area contributed by atoms with Crippen molar-refractivity contribution in [1.82, 2.24) is 4.90 Å². The molecule has 3 nitrogen and oxygen atoms in total. The molecule has 2 bridgehead atoms. The Labute approximate surface area is 295 Å².